The Morgan fingerprint density at radius 2 is 1.89 bits per heavy atom. The molecule has 188 valence electrons. The van der Waals surface area contributed by atoms with Crippen molar-refractivity contribution in [2.24, 2.45) is 0 Å². The third kappa shape index (κ3) is 8.73. The van der Waals surface area contributed by atoms with Gasteiger partial charge in [-0.05, 0) is 82.5 Å². The molecule has 0 bridgehead atoms. The van der Waals surface area contributed by atoms with E-state index in [0.29, 0.717) is 12.2 Å². The minimum atomic E-state index is -1.07. The lowest BCUT2D eigenvalue weighted by molar-refractivity contribution is 0.130. The summed E-state index contributed by atoms with van der Waals surface area (Å²) in [5.74, 6) is 0. The second-order valence-corrected chi connectivity index (χ2v) is 12.3. The molecule has 0 aliphatic carbocycles. The number of nitrogens with one attached hydrogen (secondary N) is 3. The lowest BCUT2D eigenvalue weighted by Gasteiger charge is -2.21. The first-order valence-corrected chi connectivity index (χ1v) is 14.4. The number of anilines is 1. The average molecular weight is 533 g/mol. The molecule has 0 fully saturated rings. The van der Waals surface area contributed by atoms with Crippen LogP contribution in [0.1, 0.15) is 40.2 Å². The smallest absolute Gasteiger partial charge is 0.411 e. The largest absolute Gasteiger partial charge is 0.447 e. The van der Waals surface area contributed by atoms with Gasteiger partial charge in [0.15, 0.2) is 0 Å². The van der Waals surface area contributed by atoms with Gasteiger partial charge in [0.05, 0.1) is 22.0 Å². The number of benzene rings is 2. The fraction of sp³-hybridized carbons (Fsp3) is 0.360. The van der Waals surface area contributed by atoms with Crippen molar-refractivity contribution >= 4 is 46.1 Å². The van der Waals surface area contributed by atoms with Gasteiger partial charge in [-0.2, -0.15) is 0 Å². The van der Waals surface area contributed by atoms with E-state index >= 15 is 0 Å². The number of carbonyl (C=O) groups excluding carboxylic acids is 1. The summed E-state index contributed by atoms with van der Waals surface area (Å²) in [6, 6.07) is 13.8. The Labute approximate surface area is 218 Å². The van der Waals surface area contributed by atoms with Gasteiger partial charge in [0.25, 0.3) is 0 Å². The summed E-state index contributed by atoms with van der Waals surface area (Å²) < 4.78 is 23.0. The van der Waals surface area contributed by atoms with E-state index in [4.69, 9.17) is 4.74 Å². The molecule has 1 aromatic heterocycles. The van der Waals surface area contributed by atoms with Crippen LogP contribution in [0.25, 0.3) is 21.0 Å². The molecule has 3 aromatic rings. The molecule has 1 unspecified atom stereocenters. The first-order chi connectivity index (χ1) is 16.5. The number of ether oxygens (including phenoxy) is 1. The summed E-state index contributed by atoms with van der Waals surface area (Å²) in [5, 5.41) is 3.62. The van der Waals surface area contributed by atoms with E-state index < -0.39 is 17.1 Å². The maximum atomic E-state index is 11.8. The molecule has 7 nitrogen and oxygen atoms in total. The van der Waals surface area contributed by atoms with E-state index in [-0.39, 0.29) is 11.6 Å². The van der Waals surface area contributed by atoms with E-state index in [1.165, 1.54) is 0 Å². The SMILES string of the molecule is CC(C)OC(=O)Nc1ccc(-c2ncc(-c3ccc(CNS(C)=O)cc3SNC(C)(C)C)s2)cc1. The summed E-state index contributed by atoms with van der Waals surface area (Å²) in [7, 11) is -1.07. The molecular formula is C25H32N4O3S3. The molecule has 3 rings (SSSR count). The first kappa shape index (κ1) is 27.3. The van der Waals surface area contributed by atoms with Crippen molar-refractivity contribution in [1.82, 2.24) is 14.4 Å². The summed E-state index contributed by atoms with van der Waals surface area (Å²) in [5.41, 5.74) is 3.73. The fourth-order valence-electron chi connectivity index (χ4n) is 2.95. The highest BCUT2D eigenvalue weighted by molar-refractivity contribution is 7.97. The highest BCUT2D eigenvalue weighted by Gasteiger charge is 2.16. The normalized spacial score (nSPS) is 12.5. The fourth-order valence-corrected chi connectivity index (χ4v) is 5.26. The molecule has 0 radical (unpaired) electrons. The van der Waals surface area contributed by atoms with E-state index in [9.17, 15) is 9.00 Å². The topological polar surface area (TPSA) is 92.3 Å². The molecule has 0 spiro atoms. The Hall–Kier alpha value is -2.24. The van der Waals surface area contributed by atoms with Gasteiger partial charge in [0.1, 0.15) is 5.01 Å². The molecule has 1 amide bonds. The monoisotopic (exact) mass is 532 g/mol. The van der Waals surface area contributed by atoms with Gasteiger partial charge in [0, 0.05) is 46.2 Å². The van der Waals surface area contributed by atoms with Crippen LogP contribution in [0.15, 0.2) is 53.6 Å². The molecular weight excluding hydrogens is 501 g/mol. The van der Waals surface area contributed by atoms with Crippen LogP contribution in [0.2, 0.25) is 0 Å². The van der Waals surface area contributed by atoms with Gasteiger partial charge < -0.3 is 4.74 Å². The lowest BCUT2D eigenvalue weighted by atomic mass is 10.1. The Bertz CT molecular complexity index is 1170. The van der Waals surface area contributed by atoms with Gasteiger partial charge >= 0.3 is 6.09 Å². The summed E-state index contributed by atoms with van der Waals surface area (Å²) in [6.45, 7) is 10.5. The number of hydrogen-bond acceptors (Lipinski definition) is 7. The lowest BCUT2D eigenvalue weighted by Crippen LogP contribution is -2.29. The molecule has 1 heterocycles. The Morgan fingerprint density at radius 3 is 2.51 bits per heavy atom. The zero-order chi connectivity index (χ0) is 25.6. The molecule has 10 heteroatoms. The molecule has 0 aliphatic heterocycles. The number of rotatable bonds is 9. The summed E-state index contributed by atoms with van der Waals surface area (Å²) >= 11 is 3.20. The number of thiazole rings is 1. The van der Waals surface area contributed by atoms with E-state index in [1.54, 1.807) is 29.5 Å². The first-order valence-electron chi connectivity index (χ1n) is 11.2. The van der Waals surface area contributed by atoms with Crippen molar-refractivity contribution in [2.45, 2.75) is 57.7 Å². The minimum absolute atomic E-state index is 0.0582. The van der Waals surface area contributed by atoms with Crippen molar-refractivity contribution in [3.8, 4) is 21.0 Å². The molecule has 1 atom stereocenters. The van der Waals surface area contributed by atoms with Gasteiger partial charge in [-0.25, -0.2) is 18.7 Å². The zero-order valence-electron chi connectivity index (χ0n) is 20.8. The van der Waals surface area contributed by atoms with Crippen molar-refractivity contribution < 1.29 is 13.7 Å². The van der Waals surface area contributed by atoms with Crippen LogP contribution >= 0.6 is 23.3 Å². The number of nitrogens with zero attached hydrogens (tertiary/aromatic N) is 1. The van der Waals surface area contributed by atoms with Gasteiger partial charge in [0.2, 0.25) is 0 Å². The Balaban J connectivity index is 1.81. The van der Waals surface area contributed by atoms with Crippen LogP contribution in [-0.2, 0) is 22.3 Å². The van der Waals surface area contributed by atoms with E-state index in [0.717, 1.165) is 31.5 Å². The highest BCUT2D eigenvalue weighted by Crippen LogP contribution is 2.38. The van der Waals surface area contributed by atoms with Crippen molar-refractivity contribution in [1.29, 1.82) is 0 Å². The van der Waals surface area contributed by atoms with Crippen LogP contribution in [0.3, 0.4) is 0 Å². The van der Waals surface area contributed by atoms with Crippen LogP contribution in [-0.4, -0.2) is 33.2 Å². The maximum Gasteiger partial charge on any atom is 0.411 e. The maximum absolute atomic E-state index is 11.8. The third-order valence-electron chi connectivity index (χ3n) is 4.48. The van der Waals surface area contributed by atoms with Crippen molar-refractivity contribution in [3.05, 3.63) is 54.2 Å². The number of hydrogen-bond donors (Lipinski definition) is 3. The van der Waals surface area contributed by atoms with Crippen molar-refractivity contribution in [2.75, 3.05) is 11.6 Å². The van der Waals surface area contributed by atoms with E-state index in [2.05, 4.69) is 52.6 Å². The van der Waals surface area contributed by atoms with Crippen molar-refractivity contribution in [3.63, 3.8) is 0 Å². The Morgan fingerprint density at radius 1 is 1.17 bits per heavy atom. The zero-order valence-corrected chi connectivity index (χ0v) is 23.2. The molecule has 0 saturated carbocycles. The second kappa shape index (κ2) is 12.1. The molecule has 35 heavy (non-hydrogen) atoms. The van der Waals surface area contributed by atoms with Gasteiger partial charge in [-0.15, -0.1) is 11.3 Å². The predicted octanol–water partition coefficient (Wildman–Crippen LogP) is 6.21. The number of aromatic nitrogens is 1. The predicted molar refractivity (Wildman–Crippen MR) is 148 cm³/mol. The summed E-state index contributed by atoms with van der Waals surface area (Å²) in [4.78, 5) is 18.6. The third-order valence-corrected chi connectivity index (χ3v) is 7.39. The van der Waals surface area contributed by atoms with Crippen LogP contribution in [0.5, 0.6) is 0 Å². The minimum Gasteiger partial charge on any atom is -0.447 e. The number of amides is 1. The standard InChI is InChI=1S/C25H32N4O3S3/c1-16(2)32-24(30)28-19-10-8-18(9-11-19)23-26-15-22(33-23)20-12-7-17(14-27-35(6)31)13-21(20)34-29-25(3,4)5/h7-13,15-16,27,29H,14H2,1-6H3,(H,28,30). The number of carbonyl (C=O) groups is 1. The Kier molecular flexibility index (Phi) is 9.48. The molecule has 0 saturated heterocycles. The average Bonchev–Trinajstić information content (AvgIpc) is 3.25. The van der Waals surface area contributed by atoms with Gasteiger partial charge in [-0.1, -0.05) is 12.1 Å². The second-order valence-electron chi connectivity index (χ2n) is 9.25. The molecule has 2 aromatic carbocycles. The molecule has 0 aliphatic rings. The summed E-state index contributed by atoms with van der Waals surface area (Å²) in [6.07, 6.45) is 2.87. The van der Waals surface area contributed by atoms with Crippen LogP contribution < -0.4 is 14.8 Å². The molecule has 3 N–H and O–H groups in total. The van der Waals surface area contributed by atoms with Crippen LogP contribution in [0, 0.1) is 0 Å². The van der Waals surface area contributed by atoms with Crippen LogP contribution in [0.4, 0.5) is 10.5 Å². The highest BCUT2D eigenvalue weighted by atomic mass is 32.2. The van der Waals surface area contributed by atoms with E-state index in [1.807, 2.05) is 50.4 Å². The van der Waals surface area contributed by atoms with Gasteiger partial charge in [-0.3, -0.25) is 10.0 Å². The quantitative estimate of drug-likeness (QED) is 0.284.